The number of thioether (sulfide) groups is 1. The molecule has 0 aliphatic heterocycles. The Morgan fingerprint density at radius 3 is 3.08 bits per heavy atom. The van der Waals surface area contributed by atoms with E-state index in [1.165, 1.54) is 0 Å². The summed E-state index contributed by atoms with van der Waals surface area (Å²) < 4.78 is 1.61. The summed E-state index contributed by atoms with van der Waals surface area (Å²) in [5.41, 5.74) is -0.143. The van der Waals surface area contributed by atoms with E-state index in [9.17, 15) is 4.79 Å². The van der Waals surface area contributed by atoms with Crippen molar-refractivity contribution in [3.8, 4) is 0 Å². The van der Waals surface area contributed by atoms with Crippen LogP contribution in [0.4, 0.5) is 0 Å². The van der Waals surface area contributed by atoms with Gasteiger partial charge in [-0.2, -0.15) is 0 Å². The molecule has 1 rings (SSSR count). The zero-order valence-corrected chi connectivity index (χ0v) is 8.99. The Balaban J connectivity index is 2.60. The maximum atomic E-state index is 11.1. The first-order chi connectivity index (χ1) is 6.29. The van der Waals surface area contributed by atoms with Gasteiger partial charge in [-0.15, -0.1) is 16.7 Å². The summed E-state index contributed by atoms with van der Waals surface area (Å²) in [5.74, 6) is 1.54. The second-order valence-electron chi connectivity index (χ2n) is 2.45. The number of rotatable bonds is 5. The van der Waals surface area contributed by atoms with Crippen LogP contribution < -0.4 is 5.69 Å². The highest BCUT2D eigenvalue weighted by atomic mass is 35.5. The normalized spacial score (nSPS) is 10.6. The van der Waals surface area contributed by atoms with Crippen LogP contribution in [0.3, 0.4) is 0 Å². The summed E-state index contributed by atoms with van der Waals surface area (Å²) in [4.78, 5) is 11.1. The summed E-state index contributed by atoms with van der Waals surface area (Å²) in [6.07, 6.45) is 0.928. The molecule has 4 nitrogen and oxygen atoms in total. The van der Waals surface area contributed by atoms with Gasteiger partial charge in [0.15, 0.2) is 5.16 Å². The van der Waals surface area contributed by atoms with Crippen LogP contribution in [-0.4, -0.2) is 26.4 Å². The number of aromatic nitrogens is 3. The summed E-state index contributed by atoms with van der Waals surface area (Å²) in [7, 11) is 0. The van der Waals surface area contributed by atoms with Gasteiger partial charge in [-0.1, -0.05) is 11.8 Å². The standard InChI is InChI=1S/C7H12ClN3OS/c1-2-11-6(12)9-10-7(11)13-5-3-4-8/h2-5H2,1H3,(H,9,12). The van der Waals surface area contributed by atoms with Crippen LogP contribution in [0.25, 0.3) is 0 Å². The van der Waals surface area contributed by atoms with Gasteiger partial charge in [0.25, 0.3) is 0 Å². The van der Waals surface area contributed by atoms with Crippen LogP contribution in [0.1, 0.15) is 13.3 Å². The zero-order valence-electron chi connectivity index (χ0n) is 7.42. The van der Waals surface area contributed by atoms with Crippen molar-refractivity contribution >= 4 is 23.4 Å². The summed E-state index contributed by atoms with van der Waals surface area (Å²) in [5, 5.41) is 7.07. The van der Waals surface area contributed by atoms with Gasteiger partial charge in [0.2, 0.25) is 0 Å². The fraction of sp³-hybridized carbons (Fsp3) is 0.714. The largest absolute Gasteiger partial charge is 0.343 e. The number of H-pyrrole nitrogens is 1. The molecule has 0 saturated carbocycles. The van der Waals surface area contributed by atoms with Crippen LogP contribution >= 0.6 is 23.4 Å². The third kappa shape index (κ3) is 2.77. The van der Waals surface area contributed by atoms with Crippen molar-refractivity contribution in [2.45, 2.75) is 25.0 Å². The van der Waals surface area contributed by atoms with E-state index in [1.807, 2.05) is 6.92 Å². The monoisotopic (exact) mass is 221 g/mol. The van der Waals surface area contributed by atoms with Crippen molar-refractivity contribution in [1.29, 1.82) is 0 Å². The van der Waals surface area contributed by atoms with Crippen molar-refractivity contribution in [1.82, 2.24) is 14.8 Å². The Hall–Kier alpha value is -0.420. The first kappa shape index (κ1) is 10.7. The van der Waals surface area contributed by atoms with E-state index < -0.39 is 0 Å². The van der Waals surface area contributed by atoms with Gasteiger partial charge in [-0.25, -0.2) is 9.89 Å². The molecule has 0 unspecified atom stereocenters. The van der Waals surface area contributed by atoms with Crippen LogP contribution in [0.2, 0.25) is 0 Å². The third-order valence-electron chi connectivity index (χ3n) is 1.55. The van der Waals surface area contributed by atoms with E-state index in [0.717, 1.165) is 17.3 Å². The molecular weight excluding hydrogens is 210 g/mol. The first-order valence-electron chi connectivity index (χ1n) is 4.13. The van der Waals surface area contributed by atoms with Crippen LogP contribution in [0, 0.1) is 0 Å². The van der Waals surface area contributed by atoms with Crippen LogP contribution in [-0.2, 0) is 6.54 Å². The van der Waals surface area contributed by atoms with E-state index >= 15 is 0 Å². The fourth-order valence-corrected chi connectivity index (χ4v) is 2.15. The highest BCUT2D eigenvalue weighted by Gasteiger charge is 2.05. The lowest BCUT2D eigenvalue weighted by Crippen LogP contribution is -2.16. The van der Waals surface area contributed by atoms with Gasteiger partial charge >= 0.3 is 5.69 Å². The van der Waals surface area contributed by atoms with E-state index in [-0.39, 0.29) is 5.69 Å². The first-order valence-corrected chi connectivity index (χ1v) is 5.65. The minimum absolute atomic E-state index is 0.143. The van der Waals surface area contributed by atoms with E-state index in [0.29, 0.717) is 12.4 Å². The summed E-state index contributed by atoms with van der Waals surface area (Å²) in [6.45, 7) is 2.57. The van der Waals surface area contributed by atoms with Gasteiger partial charge in [-0.3, -0.25) is 4.57 Å². The Bertz CT molecular complexity index is 309. The Morgan fingerprint density at radius 1 is 1.69 bits per heavy atom. The van der Waals surface area contributed by atoms with Crippen molar-refractivity contribution in [2.24, 2.45) is 0 Å². The van der Waals surface area contributed by atoms with Gasteiger partial charge in [0.05, 0.1) is 0 Å². The van der Waals surface area contributed by atoms with Gasteiger partial charge in [0, 0.05) is 18.2 Å². The average molecular weight is 222 g/mol. The highest BCUT2D eigenvalue weighted by Crippen LogP contribution is 2.13. The molecule has 13 heavy (non-hydrogen) atoms. The lowest BCUT2D eigenvalue weighted by Gasteiger charge is -1.99. The molecule has 0 aliphatic carbocycles. The molecular formula is C7H12ClN3OS. The maximum absolute atomic E-state index is 11.1. The molecule has 6 heteroatoms. The second-order valence-corrected chi connectivity index (χ2v) is 3.89. The average Bonchev–Trinajstić information content (AvgIpc) is 2.47. The molecule has 1 N–H and O–H groups in total. The molecule has 74 valence electrons. The summed E-state index contributed by atoms with van der Waals surface area (Å²) >= 11 is 7.09. The minimum atomic E-state index is -0.143. The Labute approximate surface area is 85.7 Å². The minimum Gasteiger partial charge on any atom is -0.270 e. The van der Waals surface area contributed by atoms with Crippen LogP contribution in [0.5, 0.6) is 0 Å². The number of hydrogen-bond donors (Lipinski definition) is 1. The SMILES string of the molecule is CCn1c(SCCCCl)n[nH]c1=O. The predicted molar refractivity (Wildman–Crippen MR) is 54.6 cm³/mol. The molecule has 0 amide bonds. The van der Waals surface area contributed by atoms with Crippen molar-refractivity contribution < 1.29 is 0 Å². The predicted octanol–water partition coefficient (Wildman–Crippen LogP) is 1.31. The maximum Gasteiger partial charge on any atom is 0.343 e. The van der Waals surface area contributed by atoms with Gasteiger partial charge in [0.1, 0.15) is 0 Å². The molecule has 0 aliphatic rings. The van der Waals surface area contributed by atoms with E-state index in [2.05, 4.69) is 10.2 Å². The van der Waals surface area contributed by atoms with E-state index in [4.69, 9.17) is 11.6 Å². The number of alkyl halides is 1. The quantitative estimate of drug-likeness (QED) is 0.464. The fourth-order valence-electron chi connectivity index (χ4n) is 0.910. The molecule has 0 radical (unpaired) electrons. The number of halogens is 1. The van der Waals surface area contributed by atoms with Gasteiger partial charge < -0.3 is 0 Å². The molecule has 0 spiro atoms. The molecule has 0 bridgehead atoms. The smallest absolute Gasteiger partial charge is 0.270 e. The summed E-state index contributed by atoms with van der Waals surface area (Å²) in [6, 6.07) is 0. The molecule has 0 fully saturated rings. The number of nitrogens with zero attached hydrogens (tertiary/aromatic N) is 2. The third-order valence-corrected chi connectivity index (χ3v) is 2.88. The molecule has 0 atom stereocenters. The number of hydrogen-bond acceptors (Lipinski definition) is 3. The lowest BCUT2D eigenvalue weighted by molar-refractivity contribution is 0.660. The van der Waals surface area contributed by atoms with Crippen molar-refractivity contribution in [3.63, 3.8) is 0 Å². The molecule has 0 aromatic carbocycles. The Morgan fingerprint density at radius 2 is 2.46 bits per heavy atom. The highest BCUT2D eigenvalue weighted by molar-refractivity contribution is 7.99. The number of nitrogens with one attached hydrogen (secondary N) is 1. The topological polar surface area (TPSA) is 50.7 Å². The van der Waals surface area contributed by atoms with Crippen molar-refractivity contribution in [2.75, 3.05) is 11.6 Å². The number of aromatic amines is 1. The molecule has 1 aromatic rings. The Kier molecular flexibility index (Phi) is 4.38. The van der Waals surface area contributed by atoms with Gasteiger partial charge in [-0.05, 0) is 13.3 Å². The molecule has 1 aromatic heterocycles. The lowest BCUT2D eigenvalue weighted by atomic mass is 10.6. The van der Waals surface area contributed by atoms with Crippen molar-refractivity contribution in [3.05, 3.63) is 10.5 Å². The molecule has 0 saturated heterocycles. The second kappa shape index (κ2) is 5.34. The van der Waals surface area contributed by atoms with Crippen LogP contribution in [0.15, 0.2) is 9.95 Å². The zero-order chi connectivity index (χ0) is 9.68. The van der Waals surface area contributed by atoms with E-state index in [1.54, 1.807) is 16.3 Å². The molecule has 1 heterocycles.